The van der Waals surface area contributed by atoms with Gasteiger partial charge < -0.3 is 14.8 Å². The van der Waals surface area contributed by atoms with Crippen molar-refractivity contribution in [1.29, 1.82) is 0 Å². The van der Waals surface area contributed by atoms with Gasteiger partial charge in [-0.2, -0.15) is 0 Å². The highest BCUT2D eigenvalue weighted by molar-refractivity contribution is 7.80. The van der Waals surface area contributed by atoms with Gasteiger partial charge in [-0.1, -0.05) is 38.1 Å². The second kappa shape index (κ2) is 9.48. The first-order valence-electron chi connectivity index (χ1n) is 8.49. The zero-order chi connectivity index (χ0) is 19.1. The van der Waals surface area contributed by atoms with Crippen LogP contribution < -0.4 is 10.1 Å². The smallest absolute Gasteiger partial charge is 0.264 e. The van der Waals surface area contributed by atoms with Crippen molar-refractivity contribution in [1.82, 2.24) is 0 Å². The highest BCUT2D eigenvalue weighted by atomic mass is 32.1. The molecule has 0 fully saturated rings. The monoisotopic (exact) mass is 379 g/mol. The van der Waals surface area contributed by atoms with E-state index in [-0.39, 0.29) is 17.3 Å². The molecule has 0 aromatic heterocycles. The molecule has 2 aromatic carbocycles. The van der Waals surface area contributed by atoms with Crippen LogP contribution in [-0.2, 0) is 24.2 Å². The van der Waals surface area contributed by atoms with E-state index in [4.69, 9.17) is 21.7 Å². The molecule has 0 heterocycles. The predicted molar refractivity (Wildman–Crippen MR) is 104 cm³/mol. The van der Waals surface area contributed by atoms with E-state index in [1.807, 2.05) is 19.1 Å². The topological polar surface area (TPSA) is 30.5 Å². The third-order valence-electron chi connectivity index (χ3n) is 4.16. The van der Waals surface area contributed by atoms with Gasteiger partial charge in [0.15, 0.2) is 0 Å². The predicted octanol–water partition coefficient (Wildman–Crippen LogP) is 5.67. The standard InChI is InChI=1S/C20H23F2NO2S/c1-4-13-9-10-18(14(5-2)11-13)25-12-16-15(19(21)22)7-6-8-17(16)23-20(26)24-3/h6-11,19H,4-5,12H2,1-3H3,(H,23,26). The fourth-order valence-electron chi connectivity index (χ4n) is 2.67. The lowest BCUT2D eigenvalue weighted by Gasteiger charge is -2.18. The maximum Gasteiger partial charge on any atom is 0.264 e. The molecular formula is C20H23F2NO2S. The lowest BCUT2D eigenvalue weighted by Crippen LogP contribution is -2.14. The summed E-state index contributed by atoms with van der Waals surface area (Å²) in [6.45, 7) is 4.14. The van der Waals surface area contributed by atoms with Gasteiger partial charge >= 0.3 is 0 Å². The highest BCUT2D eigenvalue weighted by Gasteiger charge is 2.18. The number of rotatable bonds is 7. The highest BCUT2D eigenvalue weighted by Crippen LogP contribution is 2.31. The number of anilines is 1. The van der Waals surface area contributed by atoms with E-state index in [0.717, 1.165) is 18.4 Å². The summed E-state index contributed by atoms with van der Waals surface area (Å²) in [5.74, 6) is 0.703. The minimum Gasteiger partial charge on any atom is -0.489 e. The molecule has 26 heavy (non-hydrogen) atoms. The average Bonchev–Trinajstić information content (AvgIpc) is 2.66. The van der Waals surface area contributed by atoms with Crippen LogP contribution in [-0.4, -0.2) is 12.3 Å². The zero-order valence-corrected chi connectivity index (χ0v) is 16.0. The van der Waals surface area contributed by atoms with Crippen molar-refractivity contribution < 1.29 is 18.3 Å². The molecule has 0 amide bonds. The zero-order valence-electron chi connectivity index (χ0n) is 15.1. The first-order valence-corrected chi connectivity index (χ1v) is 8.90. The minimum absolute atomic E-state index is 0.00759. The van der Waals surface area contributed by atoms with Gasteiger partial charge in [-0.25, -0.2) is 8.78 Å². The molecule has 1 N–H and O–H groups in total. The average molecular weight is 379 g/mol. The Morgan fingerprint density at radius 2 is 1.92 bits per heavy atom. The van der Waals surface area contributed by atoms with Crippen molar-refractivity contribution in [2.24, 2.45) is 0 Å². The number of aryl methyl sites for hydroxylation is 2. The summed E-state index contributed by atoms with van der Waals surface area (Å²) in [6, 6.07) is 10.6. The third-order valence-corrected chi connectivity index (χ3v) is 4.42. The molecule has 0 saturated carbocycles. The molecule has 0 atom stereocenters. The van der Waals surface area contributed by atoms with Gasteiger partial charge in [-0.3, -0.25) is 0 Å². The SMILES string of the molecule is CCc1ccc(OCc2c(NC(=S)OC)cccc2C(F)F)c(CC)c1. The quantitative estimate of drug-likeness (QED) is 0.628. The normalized spacial score (nSPS) is 10.7. The number of halogens is 2. The summed E-state index contributed by atoms with van der Waals surface area (Å²) < 4.78 is 37.7. The number of hydrogen-bond donors (Lipinski definition) is 1. The summed E-state index contributed by atoms with van der Waals surface area (Å²) in [4.78, 5) is 0. The van der Waals surface area contributed by atoms with Gasteiger partial charge in [0, 0.05) is 16.8 Å². The van der Waals surface area contributed by atoms with Crippen LogP contribution in [0.2, 0.25) is 0 Å². The molecule has 140 valence electrons. The lowest BCUT2D eigenvalue weighted by molar-refractivity contribution is 0.148. The van der Waals surface area contributed by atoms with Crippen molar-refractivity contribution in [2.75, 3.05) is 12.4 Å². The summed E-state index contributed by atoms with van der Waals surface area (Å²) in [7, 11) is 1.42. The summed E-state index contributed by atoms with van der Waals surface area (Å²) in [5, 5.41) is 2.94. The van der Waals surface area contributed by atoms with Gasteiger partial charge in [0.25, 0.3) is 11.6 Å². The van der Waals surface area contributed by atoms with E-state index < -0.39 is 6.43 Å². The fourth-order valence-corrected chi connectivity index (χ4v) is 2.78. The van der Waals surface area contributed by atoms with Crippen LogP contribution in [0.5, 0.6) is 5.75 Å². The van der Waals surface area contributed by atoms with Crippen molar-refractivity contribution in [2.45, 2.75) is 39.7 Å². The Kier molecular flexibility index (Phi) is 7.33. The molecule has 0 radical (unpaired) electrons. The molecule has 2 aromatic rings. The number of methoxy groups -OCH3 is 1. The van der Waals surface area contributed by atoms with Crippen molar-refractivity contribution in [3.05, 3.63) is 58.7 Å². The number of hydrogen-bond acceptors (Lipinski definition) is 3. The molecule has 0 aliphatic carbocycles. The molecule has 0 saturated heterocycles. The molecule has 6 heteroatoms. The maximum atomic E-state index is 13.4. The van der Waals surface area contributed by atoms with E-state index >= 15 is 0 Å². The van der Waals surface area contributed by atoms with Crippen molar-refractivity contribution in [3.8, 4) is 5.75 Å². The maximum absolute atomic E-state index is 13.4. The van der Waals surface area contributed by atoms with Gasteiger partial charge in [0.2, 0.25) is 0 Å². The Morgan fingerprint density at radius 3 is 2.54 bits per heavy atom. The molecular weight excluding hydrogens is 356 g/mol. The molecule has 0 aliphatic rings. The summed E-state index contributed by atoms with van der Waals surface area (Å²) in [6.07, 6.45) is -0.873. The lowest BCUT2D eigenvalue weighted by atomic mass is 10.0. The summed E-state index contributed by atoms with van der Waals surface area (Å²) in [5.41, 5.74) is 3.01. The third kappa shape index (κ3) is 4.91. The molecule has 2 rings (SSSR count). The van der Waals surface area contributed by atoms with E-state index in [1.54, 1.807) is 12.1 Å². The second-order valence-electron chi connectivity index (χ2n) is 5.73. The summed E-state index contributed by atoms with van der Waals surface area (Å²) >= 11 is 4.99. The largest absolute Gasteiger partial charge is 0.489 e. The van der Waals surface area contributed by atoms with Gasteiger partial charge in [0.05, 0.1) is 7.11 Å². The van der Waals surface area contributed by atoms with Gasteiger partial charge in [0.1, 0.15) is 12.4 Å². The molecule has 0 aliphatic heterocycles. The number of alkyl halides is 2. The number of ether oxygens (including phenoxy) is 2. The van der Waals surface area contributed by atoms with Crippen LogP contribution >= 0.6 is 12.2 Å². The van der Waals surface area contributed by atoms with Crippen LogP contribution in [0.3, 0.4) is 0 Å². The molecule has 0 spiro atoms. The van der Waals surface area contributed by atoms with Crippen LogP contribution in [0.25, 0.3) is 0 Å². The molecule has 3 nitrogen and oxygen atoms in total. The van der Waals surface area contributed by atoms with Crippen molar-refractivity contribution >= 4 is 23.1 Å². The first-order chi connectivity index (χ1) is 12.5. The number of benzene rings is 2. The number of nitrogens with one attached hydrogen (secondary N) is 1. The second-order valence-corrected chi connectivity index (χ2v) is 6.10. The fraction of sp³-hybridized carbons (Fsp3) is 0.350. The minimum atomic E-state index is -2.61. The van der Waals surface area contributed by atoms with Crippen LogP contribution in [0.4, 0.5) is 14.5 Å². The van der Waals surface area contributed by atoms with E-state index in [2.05, 4.69) is 18.3 Å². The van der Waals surface area contributed by atoms with Gasteiger partial charge in [-0.05, 0) is 48.3 Å². The Bertz CT molecular complexity index is 765. The first kappa shape index (κ1) is 20.1. The van der Waals surface area contributed by atoms with E-state index in [0.29, 0.717) is 17.0 Å². The van der Waals surface area contributed by atoms with E-state index in [1.165, 1.54) is 18.7 Å². The Hall–Kier alpha value is -2.21. The van der Waals surface area contributed by atoms with Crippen LogP contribution in [0, 0.1) is 0 Å². The van der Waals surface area contributed by atoms with Crippen LogP contribution in [0.1, 0.15) is 42.5 Å². The van der Waals surface area contributed by atoms with Crippen molar-refractivity contribution in [3.63, 3.8) is 0 Å². The number of thiocarbonyl (C=S) groups is 1. The van der Waals surface area contributed by atoms with Gasteiger partial charge in [-0.15, -0.1) is 0 Å². The Morgan fingerprint density at radius 1 is 1.15 bits per heavy atom. The van der Waals surface area contributed by atoms with Crippen LogP contribution in [0.15, 0.2) is 36.4 Å². The molecule has 0 bridgehead atoms. The Labute approximate surface area is 158 Å². The Balaban J connectivity index is 2.31. The van der Waals surface area contributed by atoms with E-state index in [9.17, 15) is 8.78 Å². The molecule has 0 unspecified atom stereocenters.